The molecule has 16 heavy (non-hydrogen) atoms. The number of hydrogen-bond donors (Lipinski definition) is 1. The van der Waals surface area contributed by atoms with Gasteiger partial charge in [0, 0.05) is 5.56 Å². The molecule has 0 aromatic heterocycles. The highest BCUT2D eigenvalue weighted by Crippen LogP contribution is 2.40. The smallest absolute Gasteiger partial charge is 0.204 e. The van der Waals surface area contributed by atoms with Gasteiger partial charge in [0.05, 0.1) is 14.2 Å². The lowest BCUT2D eigenvalue weighted by Gasteiger charge is -2.12. The Labute approximate surface area is 103 Å². The van der Waals surface area contributed by atoms with E-state index in [2.05, 4.69) is 11.7 Å². The first-order valence-electron chi connectivity index (χ1n) is 4.39. The molecule has 1 rings (SSSR count). The summed E-state index contributed by atoms with van der Waals surface area (Å²) in [5.41, 5.74) is 0.495. The fourth-order valence-electron chi connectivity index (χ4n) is 1.23. The quantitative estimate of drug-likeness (QED) is 0.382. The number of rotatable bonds is 5. The van der Waals surface area contributed by atoms with Gasteiger partial charge in [-0.2, -0.15) is 0 Å². The van der Waals surface area contributed by atoms with E-state index in [1.807, 2.05) is 0 Å². The van der Waals surface area contributed by atoms with Crippen LogP contribution in [-0.2, 0) is 0 Å². The molecule has 1 aromatic carbocycles. The number of carbonyl (C=O) groups excluding carboxylic acids is 1. The van der Waals surface area contributed by atoms with Crippen LogP contribution in [0.4, 0.5) is 0 Å². The van der Waals surface area contributed by atoms with Gasteiger partial charge in [0.15, 0.2) is 17.3 Å². The fourth-order valence-corrected chi connectivity index (χ4v) is 1.68. The average molecular weight is 260 g/mol. The minimum Gasteiger partial charge on any atom is -0.493 e. The molecule has 0 saturated heterocycles. The number of carbonyl (C=O) groups is 1. The van der Waals surface area contributed by atoms with Crippen molar-refractivity contribution in [3.8, 4) is 17.2 Å². The highest BCUT2D eigenvalue weighted by molar-refractivity contribution is 8.66. The molecule has 0 aliphatic carbocycles. The van der Waals surface area contributed by atoms with Crippen molar-refractivity contribution in [1.29, 1.82) is 0 Å². The normalized spacial score (nSPS) is 9.75. The summed E-state index contributed by atoms with van der Waals surface area (Å²) in [5.74, 6) is 1.23. The van der Waals surface area contributed by atoms with Gasteiger partial charge in [-0.3, -0.25) is 4.79 Å². The molecule has 88 valence electrons. The van der Waals surface area contributed by atoms with Crippen molar-refractivity contribution in [3.05, 3.63) is 17.7 Å². The Hall–Kier alpha value is -1.01. The topological polar surface area (TPSA) is 44.8 Å². The van der Waals surface area contributed by atoms with Crippen molar-refractivity contribution < 1.29 is 18.5 Å². The van der Waals surface area contributed by atoms with Crippen LogP contribution in [0.15, 0.2) is 12.1 Å². The van der Waals surface area contributed by atoms with Crippen LogP contribution < -0.4 is 13.7 Å². The monoisotopic (exact) mass is 260 g/mol. The van der Waals surface area contributed by atoms with Crippen LogP contribution in [-0.4, -0.2) is 20.0 Å². The predicted octanol–water partition coefficient (Wildman–Crippen LogP) is 2.78. The van der Waals surface area contributed by atoms with Gasteiger partial charge in [-0.1, -0.05) is 11.7 Å². The van der Waals surface area contributed by atoms with Crippen LogP contribution in [0.1, 0.15) is 17.3 Å². The number of ketones is 1. The van der Waals surface area contributed by atoms with E-state index >= 15 is 0 Å². The van der Waals surface area contributed by atoms with Gasteiger partial charge in [0.2, 0.25) is 5.75 Å². The number of thiol groups is 1. The number of ether oxygens (including phenoxy) is 2. The second-order valence-corrected chi connectivity index (χ2v) is 3.69. The number of Topliss-reactive ketones (excluding diaryl/α,β-unsaturated/α-hetero) is 1. The van der Waals surface area contributed by atoms with E-state index in [1.54, 1.807) is 12.1 Å². The highest BCUT2D eigenvalue weighted by atomic mass is 33.1. The molecule has 0 heterocycles. The first-order chi connectivity index (χ1) is 7.63. The van der Waals surface area contributed by atoms with Crippen LogP contribution in [0.25, 0.3) is 0 Å². The van der Waals surface area contributed by atoms with Crippen LogP contribution >= 0.6 is 22.7 Å². The maximum absolute atomic E-state index is 11.3. The summed E-state index contributed by atoms with van der Waals surface area (Å²) in [6.07, 6.45) is 0. The molecule has 0 unspecified atom stereocenters. The zero-order valence-electron chi connectivity index (χ0n) is 9.14. The summed E-state index contributed by atoms with van der Waals surface area (Å²) in [7, 11) is 3.00. The minimum absolute atomic E-state index is 0.0741. The van der Waals surface area contributed by atoms with Crippen molar-refractivity contribution in [3.63, 3.8) is 0 Å². The van der Waals surface area contributed by atoms with Gasteiger partial charge in [-0.05, 0) is 19.1 Å². The van der Waals surface area contributed by atoms with E-state index in [0.717, 1.165) is 11.1 Å². The van der Waals surface area contributed by atoms with Crippen molar-refractivity contribution in [1.82, 2.24) is 0 Å². The van der Waals surface area contributed by atoms with E-state index in [9.17, 15) is 4.79 Å². The third-order valence-electron chi connectivity index (χ3n) is 1.98. The van der Waals surface area contributed by atoms with Crippen molar-refractivity contribution >= 4 is 28.5 Å². The molecule has 0 atom stereocenters. The van der Waals surface area contributed by atoms with Crippen molar-refractivity contribution in [2.75, 3.05) is 14.2 Å². The summed E-state index contributed by atoms with van der Waals surface area (Å²) in [4.78, 5) is 11.3. The molecule has 4 nitrogen and oxygen atoms in total. The summed E-state index contributed by atoms with van der Waals surface area (Å²) >= 11 is 4.75. The van der Waals surface area contributed by atoms with E-state index < -0.39 is 0 Å². The van der Waals surface area contributed by atoms with Crippen LogP contribution in [0.3, 0.4) is 0 Å². The van der Waals surface area contributed by atoms with Gasteiger partial charge in [0.25, 0.3) is 0 Å². The third kappa shape index (κ3) is 2.76. The lowest BCUT2D eigenvalue weighted by molar-refractivity contribution is 0.101. The molecule has 1 aromatic rings. The second kappa shape index (κ2) is 5.91. The van der Waals surface area contributed by atoms with Crippen molar-refractivity contribution in [2.24, 2.45) is 0 Å². The van der Waals surface area contributed by atoms with Gasteiger partial charge in [-0.15, -0.1) is 0 Å². The minimum atomic E-state index is -0.0741. The number of hydrogen-bond acceptors (Lipinski definition) is 6. The summed E-state index contributed by atoms with van der Waals surface area (Å²) in [6, 6.07) is 3.20. The number of methoxy groups -OCH3 is 2. The summed E-state index contributed by atoms with van der Waals surface area (Å²) < 4.78 is 15.5. The lowest BCUT2D eigenvalue weighted by Crippen LogP contribution is -1.98. The van der Waals surface area contributed by atoms with Gasteiger partial charge < -0.3 is 13.7 Å². The Balaban J connectivity index is 3.31. The molecule has 0 amide bonds. The van der Waals surface area contributed by atoms with Gasteiger partial charge in [0.1, 0.15) is 11.1 Å². The van der Waals surface area contributed by atoms with Crippen molar-refractivity contribution in [2.45, 2.75) is 6.92 Å². The molecule has 0 radical (unpaired) electrons. The molecule has 0 N–H and O–H groups in total. The van der Waals surface area contributed by atoms with E-state index in [4.69, 9.17) is 13.7 Å². The van der Waals surface area contributed by atoms with E-state index in [1.165, 1.54) is 21.1 Å². The first kappa shape index (κ1) is 13.1. The highest BCUT2D eigenvalue weighted by Gasteiger charge is 2.15. The molecule has 0 aliphatic rings. The fraction of sp³-hybridized carbons (Fsp3) is 0.300. The molecule has 0 aliphatic heterocycles. The van der Waals surface area contributed by atoms with E-state index in [0.29, 0.717) is 22.8 Å². The Morgan fingerprint density at radius 2 is 1.88 bits per heavy atom. The molecule has 6 heteroatoms. The molecular weight excluding hydrogens is 248 g/mol. The molecule has 0 fully saturated rings. The SMILES string of the molecule is COc1cc(C(C)=O)cc(OSS)c1OC. The molecule has 0 saturated carbocycles. The van der Waals surface area contributed by atoms with Crippen LogP contribution in [0.2, 0.25) is 0 Å². The predicted molar refractivity (Wildman–Crippen MR) is 66.8 cm³/mol. The third-order valence-corrected chi connectivity index (χ3v) is 2.46. The first-order valence-corrected chi connectivity index (χ1v) is 6.18. The maximum atomic E-state index is 11.3. The Kier molecular flexibility index (Phi) is 4.82. The zero-order valence-corrected chi connectivity index (χ0v) is 10.9. The summed E-state index contributed by atoms with van der Waals surface area (Å²) in [5, 5.41) is 0. The average Bonchev–Trinajstić information content (AvgIpc) is 2.28. The molecule has 0 spiro atoms. The van der Waals surface area contributed by atoms with Crippen LogP contribution in [0.5, 0.6) is 17.2 Å². The Morgan fingerprint density at radius 3 is 2.31 bits per heavy atom. The standard InChI is InChI=1S/C10H12O4S2/c1-6(11)7-4-8(12-2)10(13-3)9(5-7)14-16-15/h4-5,15H,1-3H3. The molecular formula is C10H12O4S2. The summed E-state index contributed by atoms with van der Waals surface area (Å²) in [6.45, 7) is 1.47. The second-order valence-electron chi connectivity index (χ2n) is 2.92. The largest absolute Gasteiger partial charge is 0.493 e. The maximum Gasteiger partial charge on any atom is 0.204 e. The molecule has 0 bridgehead atoms. The number of benzene rings is 1. The van der Waals surface area contributed by atoms with Gasteiger partial charge in [-0.25, -0.2) is 0 Å². The van der Waals surface area contributed by atoms with E-state index in [-0.39, 0.29) is 5.78 Å². The lowest BCUT2D eigenvalue weighted by atomic mass is 10.1. The Bertz CT molecular complexity index is 393. The van der Waals surface area contributed by atoms with Crippen LogP contribution in [0, 0.1) is 0 Å². The van der Waals surface area contributed by atoms with Gasteiger partial charge >= 0.3 is 0 Å². The Morgan fingerprint density at radius 1 is 1.25 bits per heavy atom. The zero-order chi connectivity index (χ0) is 12.1.